The predicted molar refractivity (Wildman–Crippen MR) is 69.0 cm³/mol. The van der Waals surface area contributed by atoms with Gasteiger partial charge < -0.3 is 9.80 Å². The van der Waals surface area contributed by atoms with E-state index in [0.717, 1.165) is 39.1 Å². The summed E-state index contributed by atoms with van der Waals surface area (Å²) in [7, 11) is 0. The van der Waals surface area contributed by atoms with Gasteiger partial charge in [0.05, 0.1) is 12.0 Å². The summed E-state index contributed by atoms with van der Waals surface area (Å²) in [4.78, 5) is 18.4. The highest BCUT2D eigenvalue weighted by Gasteiger charge is 2.31. The number of carbonyl (C=O) groups is 1. The van der Waals surface area contributed by atoms with Crippen molar-refractivity contribution < 1.29 is 4.79 Å². The van der Waals surface area contributed by atoms with Crippen molar-refractivity contribution in [2.24, 2.45) is 5.92 Å². The Bertz CT molecular complexity index is 341. The average Bonchev–Trinajstić information content (AvgIpc) is 2.86. The Balaban J connectivity index is 1.83. The summed E-state index contributed by atoms with van der Waals surface area (Å²) in [5.74, 6) is 0.0332. The molecule has 2 aliphatic heterocycles. The van der Waals surface area contributed by atoms with E-state index in [-0.39, 0.29) is 11.9 Å². The fourth-order valence-electron chi connectivity index (χ4n) is 2.67. The van der Waals surface area contributed by atoms with E-state index in [1.165, 1.54) is 0 Å². The zero-order chi connectivity index (χ0) is 13.1. The van der Waals surface area contributed by atoms with Gasteiger partial charge >= 0.3 is 6.03 Å². The lowest BCUT2D eigenvalue weighted by Gasteiger charge is -2.38. The van der Waals surface area contributed by atoms with Gasteiger partial charge in [-0.2, -0.15) is 5.26 Å². The number of nitrogens with zero attached hydrogens (tertiary/aromatic N) is 4. The van der Waals surface area contributed by atoms with E-state index < -0.39 is 0 Å². The van der Waals surface area contributed by atoms with E-state index in [2.05, 4.69) is 24.8 Å². The molecule has 0 saturated carbocycles. The molecule has 0 bridgehead atoms. The molecule has 5 heteroatoms. The van der Waals surface area contributed by atoms with Crippen LogP contribution in [0.25, 0.3) is 0 Å². The van der Waals surface area contributed by atoms with Crippen molar-refractivity contribution in [1.29, 1.82) is 5.26 Å². The Morgan fingerprint density at radius 2 is 1.83 bits per heavy atom. The first kappa shape index (κ1) is 13.2. The van der Waals surface area contributed by atoms with Crippen molar-refractivity contribution in [1.82, 2.24) is 14.7 Å². The molecule has 5 nitrogen and oxygen atoms in total. The van der Waals surface area contributed by atoms with E-state index >= 15 is 0 Å². The third-order valence-corrected chi connectivity index (χ3v) is 3.96. The monoisotopic (exact) mass is 250 g/mol. The van der Waals surface area contributed by atoms with Gasteiger partial charge in [-0.3, -0.25) is 4.90 Å². The average molecular weight is 250 g/mol. The zero-order valence-corrected chi connectivity index (χ0v) is 11.3. The Morgan fingerprint density at radius 1 is 1.17 bits per heavy atom. The van der Waals surface area contributed by atoms with Gasteiger partial charge in [0.1, 0.15) is 0 Å². The summed E-state index contributed by atoms with van der Waals surface area (Å²) >= 11 is 0. The van der Waals surface area contributed by atoms with Crippen LogP contribution >= 0.6 is 0 Å². The molecule has 2 heterocycles. The summed E-state index contributed by atoms with van der Waals surface area (Å²) in [5.41, 5.74) is 0. The van der Waals surface area contributed by atoms with Crippen LogP contribution in [0.5, 0.6) is 0 Å². The number of urea groups is 1. The molecule has 1 unspecified atom stereocenters. The molecule has 0 aliphatic carbocycles. The molecular formula is C13H22N4O. The van der Waals surface area contributed by atoms with Crippen LogP contribution in [0.3, 0.4) is 0 Å². The van der Waals surface area contributed by atoms with Crippen LogP contribution in [0.4, 0.5) is 4.79 Å². The molecular weight excluding hydrogens is 228 g/mol. The van der Waals surface area contributed by atoms with Crippen LogP contribution in [-0.4, -0.2) is 66.0 Å². The number of amides is 2. The Hall–Kier alpha value is -1.28. The number of likely N-dealkylation sites (tertiary alicyclic amines) is 1. The fourth-order valence-corrected chi connectivity index (χ4v) is 2.67. The lowest BCUT2D eigenvalue weighted by molar-refractivity contribution is 0.103. The lowest BCUT2D eigenvalue weighted by atomic mass is 10.1. The van der Waals surface area contributed by atoms with E-state index in [1.807, 2.05) is 9.80 Å². The van der Waals surface area contributed by atoms with Crippen LogP contribution in [0.1, 0.15) is 20.3 Å². The first-order valence-electron chi connectivity index (χ1n) is 6.79. The molecule has 18 heavy (non-hydrogen) atoms. The minimum Gasteiger partial charge on any atom is -0.323 e. The van der Waals surface area contributed by atoms with Gasteiger partial charge in [-0.25, -0.2) is 4.79 Å². The highest BCUT2D eigenvalue weighted by molar-refractivity contribution is 5.75. The minimum atomic E-state index is 0.0332. The number of nitriles is 1. The van der Waals surface area contributed by atoms with Crippen molar-refractivity contribution in [2.45, 2.75) is 26.3 Å². The molecule has 0 aromatic rings. The van der Waals surface area contributed by atoms with Crippen LogP contribution in [0.15, 0.2) is 0 Å². The minimum absolute atomic E-state index is 0.0332. The number of piperazine rings is 1. The van der Waals surface area contributed by atoms with Gasteiger partial charge in [-0.05, 0) is 20.3 Å². The van der Waals surface area contributed by atoms with Gasteiger partial charge in [0.15, 0.2) is 0 Å². The van der Waals surface area contributed by atoms with E-state index in [0.29, 0.717) is 12.6 Å². The van der Waals surface area contributed by atoms with Crippen LogP contribution in [-0.2, 0) is 0 Å². The fraction of sp³-hybridized carbons (Fsp3) is 0.846. The van der Waals surface area contributed by atoms with Gasteiger partial charge in [0.2, 0.25) is 0 Å². The normalized spacial score (nSPS) is 25.6. The van der Waals surface area contributed by atoms with Gasteiger partial charge in [-0.15, -0.1) is 0 Å². The molecule has 0 N–H and O–H groups in total. The Labute approximate surface area is 109 Å². The third kappa shape index (κ3) is 2.75. The maximum atomic E-state index is 12.3. The van der Waals surface area contributed by atoms with Crippen LogP contribution in [0.2, 0.25) is 0 Å². The summed E-state index contributed by atoms with van der Waals surface area (Å²) in [5, 5.41) is 8.86. The maximum absolute atomic E-state index is 12.3. The number of hydrogen-bond acceptors (Lipinski definition) is 3. The molecule has 0 aromatic heterocycles. The third-order valence-electron chi connectivity index (χ3n) is 3.96. The highest BCUT2D eigenvalue weighted by atomic mass is 16.2. The second-order valence-electron chi connectivity index (χ2n) is 5.46. The topological polar surface area (TPSA) is 50.6 Å². The molecule has 100 valence electrons. The van der Waals surface area contributed by atoms with E-state index in [9.17, 15) is 4.79 Å². The van der Waals surface area contributed by atoms with Gasteiger partial charge in [0.25, 0.3) is 0 Å². The summed E-state index contributed by atoms with van der Waals surface area (Å²) in [6.07, 6.45) is 0.828. The van der Waals surface area contributed by atoms with Crippen molar-refractivity contribution in [3.8, 4) is 6.07 Å². The summed E-state index contributed by atoms with van der Waals surface area (Å²) in [6, 6.07) is 2.93. The summed E-state index contributed by atoms with van der Waals surface area (Å²) in [6.45, 7) is 9.26. The second-order valence-corrected chi connectivity index (χ2v) is 5.46. The molecule has 0 radical (unpaired) electrons. The molecule has 2 fully saturated rings. The summed E-state index contributed by atoms with van der Waals surface area (Å²) < 4.78 is 0. The quantitative estimate of drug-likeness (QED) is 0.697. The molecule has 2 rings (SSSR count). The van der Waals surface area contributed by atoms with Crippen molar-refractivity contribution in [3.05, 3.63) is 0 Å². The number of hydrogen-bond donors (Lipinski definition) is 0. The van der Waals surface area contributed by atoms with Crippen LogP contribution < -0.4 is 0 Å². The molecule has 0 spiro atoms. The molecule has 2 saturated heterocycles. The molecule has 1 atom stereocenters. The van der Waals surface area contributed by atoms with Crippen molar-refractivity contribution in [3.63, 3.8) is 0 Å². The standard InChI is InChI=1S/C13H22N4O/c1-11(2)15-5-7-16(8-6-15)13(18)17-4-3-12(9-14)10-17/h11-12H,3-8,10H2,1-2H3. The van der Waals surface area contributed by atoms with E-state index in [1.54, 1.807) is 0 Å². The second kappa shape index (κ2) is 5.57. The zero-order valence-electron chi connectivity index (χ0n) is 11.3. The molecule has 2 aliphatic rings. The SMILES string of the molecule is CC(C)N1CCN(C(=O)N2CCC(C#N)C2)CC1. The van der Waals surface area contributed by atoms with Gasteiger partial charge in [0, 0.05) is 45.3 Å². The largest absolute Gasteiger partial charge is 0.323 e. The van der Waals surface area contributed by atoms with Gasteiger partial charge in [-0.1, -0.05) is 0 Å². The Morgan fingerprint density at radius 3 is 2.33 bits per heavy atom. The number of rotatable bonds is 1. The van der Waals surface area contributed by atoms with E-state index in [4.69, 9.17) is 5.26 Å². The predicted octanol–water partition coefficient (Wildman–Crippen LogP) is 0.978. The number of carbonyl (C=O) groups excluding carboxylic acids is 1. The smallest absolute Gasteiger partial charge is 0.320 e. The first-order chi connectivity index (χ1) is 8.61. The maximum Gasteiger partial charge on any atom is 0.320 e. The Kier molecular flexibility index (Phi) is 4.07. The molecule has 2 amide bonds. The van der Waals surface area contributed by atoms with Crippen LogP contribution in [0, 0.1) is 17.2 Å². The van der Waals surface area contributed by atoms with Crippen molar-refractivity contribution >= 4 is 6.03 Å². The van der Waals surface area contributed by atoms with Crippen molar-refractivity contribution in [2.75, 3.05) is 39.3 Å². The lowest BCUT2D eigenvalue weighted by Crippen LogP contribution is -2.53. The molecule has 0 aromatic carbocycles. The first-order valence-corrected chi connectivity index (χ1v) is 6.79. The highest BCUT2D eigenvalue weighted by Crippen LogP contribution is 2.17.